The highest BCUT2D eigenvalue weighted by molar-refractivity contribution is 7.94. The van der Waals surface area contributed by atoms with E-state index in [2.05, 4.69) is 59.9 Å². The molecule has 0 amide bonds. The van der Waals surface area contributed by atoms with Crippen LogP contribution < -0.4 is 9.50 Å². The van der Waals surface area contributed by atoms with Gasteiger partial charge in [-0.05, 0) is 85.3 Å². The van der Waals surface area contributed by atoms with Crippen molar-refractivity contribution in [2.45, 2.75) is 45.8 Å². The van der Waals surface area contributed by atoms with Gasteiger partial charge in [0, 0.05) is 25.1 Å². The van der Waals surface area contributed by atoms with Crippen molar-refractivity contribution in [1.82, 2.24) is 0 Å². The van der Waals surface area contributed by atoms with E-state index in [1.165, 1.54) is 33.9 Å². The second kappa shape index (κ2) is 13.1. The van der Waals surface area contributed by atoms with Crippen LogP contribution in [-0.4, -0.2) is 31.5 Å². The number of hydrogen-bond acceptors (Lipinski definition) is 6. The summed E-state index contributed by atoms with van der Waals surface area (Å²) in [6.45, 7) is 5.36. The fourth-order valence-corrected chi connectivity index (χ4v) is 4.02. The number of fused-ring (bicyclic) bond motifs is 1. The van der Waals surface area contributed by atoms with Gasteiger partial charge in [-0.2, -0.15) is 0 Å². The quantitative estimate of drug-likeness (QED) is 0.232. The summed E-state index contributed by atoms with van der Waals surface area (Å²) in [5, 5.41) is 5.87. The molecule has 3 rings (SSSR count). The minimum absolute atomic E-state index is 0.263. The van der Waals surface area contributed by atoms with Gasteiger partial charge in [0.2, 0.25) is 0 Å². The first-order valence-corrected chi connectivity index (χ1v) is 12.6. The van der Waals surface area contributed by atoms with Gasteiger partial charge in [0.1, 0.15) is 5.75 Å². The number of aryl methyl sites for hydroxylation is 1. The topological polar surface area (TPSA) is 56.8 Å². The van der Waals surface area contributed by atoms with Crippen LogP contribution in [0.15, 0.2) is 60.7 Å². The number of carbonyl (C=O) groups is 1. The Kier molecular flexibility index (Phi) is 9.91. The van der Waals surface area contributed by atoms with E-state index in [0.717, 1.165) is 30.8 Å². The van der Waals surface area contributed by atoms with Crippen molar-refractivity contribution in [2.24, 2.45) is 0 Å². The van der Waals surface area contributed by atoms with E-state index in [0.29, 0.717) is 19.6 Å². The SMILES string of the molecule is CCOC(=O)C(CCCc1ccc(NCc2ccc3cc(OSC)ccc3c2)cc1)OCC. The zero-order chi connectivity index (χ0) is 23.5. The average molecular weight is 468 g/mol. The zero-order valence-electron chi connectivity index (χ0n) is 19.6. The molecule has 0 aromatic heterocycles. The van der Waals surface area contributed by atoms with Gasteiger partial charge in [0.15, 0.2) is 6.10 Å². The molecule has 3 aromatic carbocycles. The molecule has 0 saturated heterocycles. The van der Waals surface area contributed by atoms with Crippen molar-refractivity contribution in [3.05, 3.63) is 71.8 Å². The van der Waals surface area contributed by atoms with Gasteiger partial charge in [-0.3, -0.25) is 0 Å². The first-order chi connectivity index (χ1) is 16.1. The van der Waals surface area contributed by atoms with Gasteiger partial charge < -0.3 is 19.0 Å². The first-order valence-electron chi connectivity index (χ1n) is 11.5. The van der Waals surface area contributed by atoms with Gasteiger partial charge >= 0.3 is 5.97 Å². The minimum Gasteiger partial charge on any atom is -0.464 e. The van der Waals surface area contributed by atoms with Crippen LogP contribution in [0, 0.1) is 0 Å². The highest BCUT2D eigenvalue weighted by Crippen LogP contribution is 2.24. The molecule has 1 atom stereocenters. The molecule has 0 aliphatic carbocycles. The molecular weight excluding hydrogens is 434 g/mol. The monoisotopic (exact) mass is 467 g/mol. The lowest BCUT2D eigenvalue weighted by Gasteiger charge is -2.15. The maximum Gasteiger partial charge on any atom is 0.335 e. The van der Waals surface area contributed by atoms with Gasteiger partial charge in [0.25, 0.3) is 0 Å². The van der Waals surface area contributed by atoms with Crippen LogP contribution in [0.4, 0.5) is 5.69 Å². The molecular formula is C27H33NO4S. The summed E-state index contributed by atoms with van der Waals surface area (Å²) in [4.78, 5) is 12.0. The number of carbonyl (C=O) groups excluding carboxylic acids is 1. The number of ether oxygens (including phenoxy) is 2. The number of rotatable bonds is 13. The number of benzene rings is 3. The van der Waals surface area contributed by atoms with Crippen LogP contribution in [0.2, 0.25) is 0 Å². The predicted molar refractivity (Wildman–Crippen MR) is 137 cm³/mol. The second-order valence-corrected chi connectivity index (χ2v) is 8.23. The molecule has 0 fully saturated rings. The third-order valence-corrected chi connectivity index (χ3v) is 5.71. The van der Waals surface area contributed by atoms with Gasteiger partial charge in [-0.25, -0.2) is 4.79 Å². The molecule has 176 valence electrons. The molecule has 1 unspecified atom stereocenters. The molecule has 0 saturated carbocycles. The Labute approximate surface area is 201 Å². The fraction of sp³-hybridized carbons (Fsp3) is 0.370. The molecule has 3 aromatic rings. The smallest absolute Gasteiger partial charge is 0.335 e. The van der Waals surface area contributed by atoms with Crippen molar-refractivity contribution in [3.63, 3.8) is 0 Å². The molecule has 0 spiro atoms. The predicted octanol–water partition coefficient (Wildman–Crippen LogP) is 6.40. The van der Waals surface area contributed by atoms with E-state index in [-0.39, 0.29) is 5.97 Å². The van der Waals surface area contributed by atoms with Gasteiger partial charge in [-0.15, -0.1) is 0 Å². The number of nitrogens with one attached hydrogen (secondary N) is 1. The number of esters is 1. The summed E-state index contributed by atoms with van der Waals surface area (Å²) in [6, 6.07) is 21.1. The highest BCUT2D eigenvalue weighted by Gasteiger charge is 2.19. The van der Waals surface area contributed by atoms with Crippen LogP contribution in [-0.2, 0) is 27.2 Å². The Morgan fingerprint density at radius 1 is 0.939 bits per heavy atom. The average Bonchev–Trinajstić information content (AvgIpc) is 2.83. The van der Waals surface area contributed by atoms with Gasteiger partial charge in [-0.1, -0.05) is 30.3 Å². The van der Waals surface area contributed by atoms with Crippen molar-refractivity contribution < 1.29 is 18.5 Å². The van der Waals surface area contributed by atoms with Crippen LogP contribution >= 0.6 is 12.0 Å². The number of hydrogen-bond donors (Lipinski definition) is 1. The second-order valence-electron chi connectivity index (χ2n) is 7.73. The maximum atomic E-state index is 12.0. The minimum atomic E-state index is -0.470. The van der Waals surface area contributed by atoms with Crippen molar-refractivity contribution in [3.8, 4) is 5.75 Å². The molecule has 0 aliphatic rings. The summed E-state index contributed by atoms with van der Waals surface area (Å²) >= 11 is 1.35. The highest BCUT2D eigenvalue weighted by atomic mass is 32.2. The largest absolute Gasteiger partial charge is 0.464 e. The molecule has 5 nitrogen and oxygen atoms in total. The lowest BCUT2D eigenvalue weighted by atomic mass is 10.0. The van der Waals surface area contributed by atoms with Gasteiger partial charge in [0.05, 0.1) is 18.6 Å². The fourth-order valence-electron chi connectivity index (χ4n) is 3.72. The Morgan fingerprint density at radius 3 is 2.39 bits per heavy atom. The summed E-state index contributed by atoms with van der Waals surface area (Å²) in [6.07, 6.45) is 3.88. The summed E-state index contributed by atoms with van der Waals surface area (Å²) < 4.78 is 16.1. The van der Waals surface area contributed by atoms with Crippen LogP contribution in [0.1, 0.15) is 37.8 Å². The van der Waals surface area contributed by atoms with Crippen LogP contribution in [0.3, 0.4) is 0 Å². The standard InChI is InChI=1S/C27H33NO4S/c1-4-30-26(27(29)31-5-2)8-6-7-20-10-14-24(15-11-20)28-19-21-9-12-23-18-25(32-33-3)16-13-22(23)17-21/h9-18,26,28H,4-8,19H2,1-3H3. The Hall–Kier alpha value is -2.70. The molecule has 0 radical (unpaired) electrons. The zero-order valence-corrected chi connectivity index (χ0v) is 20.5. The van der Waals surface area contributed by atoms with E-state index < -0.39 is 6.10 Å². The molecule has 1 N–H and O–H groups in total. The lowest BCUT2D eigenvalue weighted by molar-refractivity contribution is -0.156. The Balaban J connectivity index is 1.49. The van der Waals surface area contributed by atoms with E-state index in [4.69, 9.17) is 13.7 Å². The van der Waals surface area contributed by atoms with Crippen molar-refractivity contribution >= 4 is 34.5 Å². The summed E-state index contributed by atoms with van der Waals surface area (Å²) in [5.74, 6) is 0.608. The van der Waals surface area contributed by atoms with E-state index >= 15 is 0 Å². The molecule has 6 heteroatoms. The summed E-state index contributed by atoms with van der Waals surface area (Å²) in [7, 11) is 0. The van der Waals surface area contributed by atoms with Crippen LogP contribution in [0.5, 0.6) is 5.75 Å². The molecule has 33 heavy (non-hydrogen) atoms. The molecule has 0 bridgehead atoms. The number of anilines is 1. The van der Waals surface area contributed by atoms with Crippen LogP contribution in [0.25, 0.3) is 10.8 Å². The Bertz CT molecular complexity index is 1020. The van der Waals surface area contributed by atoms with E-state index in [9.17, 15) is 4.79 Å². The normalized spacial score (nSPS) is 11.8. The Morgan fingerprint density at radius 2 is 1.67 bits per heavy atom. The van der Waals surface area contributed by atoms with Crippen molar-refractivity contribution in [2.75, 3.05) is 24.8 Å². The third kappa shape index (κ3) is 7.69. The molecule has 0 heterocycles. The van der Waals surface area contributed by atoms with Crippen molar-refractivity contribution in [1.29, 1.82) is 0 Å². The molecule has 0 aliphatic heterocycles. The summed E-state index contributed by atoms with van der Waals surface area (Å²) in [5.41, 5.74) is 3.56. The first kappa shape index (κ1) is 24.9. The van der Waals surface area contributed by atoms with E-state index in [1.807, 2.05) is 26.2 Å². The lowest BCUT2D eigenvalue weighted by Crippen LogP contribution is -2.26. The van der Waals surface area contributed by atoms with E-state index in [1.54, 1.807) is 0 Å². The maximum absolute atomic E-state index is 12.0. The third-order valence-electron chi connectivity index (χ3n) is 5.36.